The molecular formula is C33H38N6O6S. The molecule has 7 rings (SSSR count). The van der Waals surface area contributed by atoms with E-state index in [0.717, 1.165) is 59.4 Å². The lowest BCUT2D eigenvalue weighted by atomic mass is 10.0. The number of pyridine rings is 1. The van der Waals surface area contributed by atoms with Crippen LogP contribution >= 0.6 is 11.3 Å². The molecule has 0 radical (unpaired) electrons. The molecule has 3 aromatic rings. The lowest BCUT2D eigenvalue weighted by Crippen LogP contribution is -2.56. The fourth-order valence-electron chi connectivity index (χ4n) is 6.69. The van der Waals surface area contributed by atoms with E-state index in [0.29, 0.717) is 30.9 Å². The van der Waals surface area contributed by atoms with Gasteiger partial charge in [-0.05, 0) is 56.6 Å². The van der Waals surface area contributed by atoms with E-state index < -0.39 is 35.6 Å². The number of aliphatic carboxylic acids is 1. The first-order chi connectivity index (χ1) is 22.3. The topological polar surface area (TPSA) is 167 Å². The van der Waals surface area contributed by atoms with Crippen LogP contribution in [0.3, 0.4) is 0 Å². The van der Waals surface area contributed by atoms with Crippen LogP contribution in [-0.4, -0.2) is 78.9 Å². The lowest BCUT2D eigenvalue weighted by Gasteiger charge is -2.29. The SMILES string of the molecule is O=C(CC1CC1)N[C@H]1CCCCC/C=C\[C@@H]2C[C@@]2(C(=O)O)NC(=O)[C@@H]2C[C@@H](Oc3ccnc4cc(-c5ncc[nH]5)sc34)CN2C1=O. The van der Waals surface area contributed by atoms with Gasteiger partial charge in [0.15, 0.2) is 0 Å². The first kappa shape index (κ1) is 30.4. The Hall–Kier alpha value is -4.26. The van der Waals surface area contributed by atoms with Crippen molar-refractivity contribution in [3.63, 3.8) is 0 Å². The van der Waals surface area contributed by atoms with E-state index in [9.17, 15) is 24.3 Å². The average Bonchev–Trinajstić information content (AvgIpc) is 3.71. The smallest absolute Gasteiger partial charge is 0.330 e. The highest BCUT2D eigenvalue weighted by Gasteiger charge is 2.61. The minimum atomic E-state index is -1.39. The van der Waals surface area contributed by atoms with Gasteiger partial charge in [-0.15, -0.1) is 11.3 Å². The molecule has 0 aromatic carbocycles. The van der Waals surface area contributed by atoms with Crippen LogP contribution < -0.4 is 15.4 Å². The van der Waals surface area contributed by atoms with Crippen LogP contribution in [0.25, 0.3) is 20.9 Å². The number of fused-ring (bicyclic) bond motifs is 3. The first-order valence-electron chi connectivity index (χ1n) is 16.2. The molecule has 5 heterocycles. The van der Waals surface area contributed by atoms with Gasteiger partial charge in [0.2, 0.25) is 17.7 Å². The zero-order valence-corrected chi connectivity index (χ0v) is 26.3. The highest BCUT2D eigenvalue weighted by Crippen LogP contribution is 2.45. The van der Waals surface area contributed by atoms with Gasteiger partial charge in [-0.1, -0.05) is 25.0 Å². The Kier molecular flexibility index (Phi) is 8.26. The number of aromatic nitrogens is 3. The molecule has 2 aliphatic heterocycles. The third kappa shape index (κ3) is 6.24. The van der Waals surface area contributed by atoms with Crippen molar-refractivity contribution in [2.75, 3.05) is 6.54 Å². The summed E-state index contributed by atoms with van der Waals surface area (Å²) in [5.74, 6) is -0.729. The van der Waals surface area contributed by atoms with E-state index in [-0.39, 0.29) is 30.7 Å². The zero-order chi connectivity index (χ0) is 31.8. The van der Waals surface area contributed by atoms with E-state index >= 15 is 0 Å². The summed E-state index contributed by atoms with van der Waals surface area (Å²) in [6.07, 6.45) is 15.1. The Bertz CT molecular complexity index is 1670. The van der Waals surface area contributed by atoms with Gasteiger partial charge >= 0.3 is 5.97 Å². The number of thiophene rings is 1. The predicted molar refractivity (Wildman–Crippen MR) is 170 cm³/mol. The van der Waals surface area contributed by atoms with Crippen LogP contribution in [0.15, 0.2) is 42.9 Å². The van der Waals surface area contributed by atoms with E-state index in [4.69, 9.17) is 4.74 Å². The minimum absolute atomic E-state index is 0.121. The number of imidazole rings is 1. The fourth-order valence-corrected chi connectivity index (χ4v) is 7.72. The molecule has 4 aliphatic rings. The number of hydrogen-bond acceptors (Lipinski definition) is 8. The number of rotatable bonds is 7. The Labute approximate surface area is 270 Å². The summed E-state index contributed by atoms with van der Waals surface area (Å²) in [5, 5.41) is 15.9. The quantitative estimate of drug-likeness (QED) is 0.281. The van der Waals surface area contributed by atoms with Crippen molar-refractivity contribution in [1.29, 1.82) is 0 Å². The van der Waals surface area contributed by atoms with Crippen molar-refractivity contribution in [2.45, 2.75) is 87.9 Å². The normalized spacial score (nSPS) is 29.2. The number of nitrogens with one attached hydrogen (secondary N) is 3. The molecule has 0 unspecified atom stereocenters. The van der Waals surface area contributed by atoms with Gasteiger partial charge in [-0.25, -0.2) is 9.78 Å². The molecule has 12 nitrogen and oxygen atoms in total. The van der Waals surface area contributed by atoms with Gasteiger partial charge in [0.05, 0.1) is 21.6 Å². The molecule has 13 heteroatoms. The molecule has 0 bridgehead atoms. The van der Waals surface area contributed by atoms with Crippen molar-refractivity contribution in [1.82, 2.24) is 30.5 Å². The molecule has 2 aliphatic carbocycles. The molecule has 3 fully saturated rings. The molecule has 0 spiro atoms. The summed E-state index contributed by atoms with van der Waals surface area (Å²) in [6, 6.07) is 1.97. The summed E-state index contributed by atoms with van der Waals surface area (Å²) in [7, 11) is 0. The van der Waals surface area contributed by atoms with Crippen LogP contribution in [-0.2, 0) is 19.2 Å². The number of H-pyrrole nitrogens is 1. The number of amides is 3. The zero-order valence-electron chi connectivity index (χ0n) is 25.4. The highest BCUT2D eigenvalue weighted by molar-refractivity contribution is 7.22. The highest BCUT2D eigenvalue weighted by atomic mass is 32.1. The molecular weight excluding hydrogens is 608 g/mol. The van der Waals surface area contributed by atoms with Gasteiger partial charge in [0.1, 0.15) is 35.3 Å². The van der Waals surface area contributed by atoms with Crippen molar-refractivity contribution in [3.05, 3.63) is 42.9 Å². The van der Waals surface area contributed by atoms with Crippen LogP contribution in [0, 0.1) is 11.8 Å². The number of carbonyl (C=O) groups excluding carboxylic acids is 3. The summed E-state index contributed by atoms with van der Waals surface area (Å²) in [5.41, 5.74) is -0.652. The minimum Gasteiger partial charge on any atom is -0.487 e. The average molecular weight is 647 g/mol. The van der Waals surface area contributed by atoms with Gasteiger partial charge < -0.3 is 30.4 Å². The Morgan fingerprint density at radius 1 is 1.15 bits per heavy atom. The number of hydrogen-bond donors (Lipinski definition) is 4. The third-order valence-electron chi connectivity index (χ3n) is 9.53. The van der Waals surface area contributed by atoms with E-state index in [1.807, 2.05) is 18.2 Å². The number of carboxylic acids is 1. The van der Waals surface area contributed by atoms with Crippen LogP contribution in [0.5, 0.6) is 5.75 Å². The standard InChI is InChI=1S/C33H38N6O6S/c40-27(14-19-8-9-19)37-22-7-5-3-1-2-4-6-20-17-33(20,32(43)44)38-30(41)24-15-21(18-39(24)31(22)42)45-25-10-11-34-23-16-26(46-28(23)25)29-35-12-13-36-29/h4,6,10-13,16,19-22,24H,1-3,5,7-9,14-15,17-18H2,(H,35,36)(H,37,40)(H,38,41)(H,43,44)/b6-4-/t20-,21-,22+,24+,33-/m1/s1. The number of ether oxygens (including phenoxy) is 1. The number of nitrogens with zero attached hydrogens (tertiary/aromatic N) is 3. The Morgan fingerprint density at radius 2 is 2.02 bits per heavy atom. The molecule has 1 saturated heterocycles. The largest absolute Gasteiger partial charge is 0.487 e. The maximum absolute atomic E-state index is 14.2. The van der Waals surface area contributed by atoms with Crippen molar-refractivity contribution in [3.8, 4) is 16.5 Å². The van der Waals surface area contributed by atoms with Crippen LogP contribution in [0.2, 0.25) is 0 Å². The van der Waals surface area contributed by atoms with E-state index in [2.05, 4.69) is 25.6 Å². The molecule has 4 N–H and O–H groups in total. The van der Waals surface area contributed by atoms with Crippen LogP contribution in [0.1, 0.15) is 64.2 Å². The van der Waals surface area contributed by atoms with Crippen LogP contribution in [0.4, 0.5) is 0 Å². The first-order valence-corrected chi connectivity index (χ1v) is 17.0. The van der Waals surface area contributed by atoms with Gasteiger partial charge in [0, 0.05) is 37.4 Å². The Balaban J connectivity index is 1.16. The molecule has 242 valence electrons. The number of carboxylic acid groups (broad SMARTS) is 1. The summed E-state index contributed by atoms with van der Waals surface area (Å²) < 4.78 is 7.31. The molecule has 46 heavy (non-hydrogen) atoms. The number of carbonyl (C=O) groups is 4. The second kappa shape index (κ2) is 12.5. The molecule has 3 amide bonds. The van der Waals surface area contributed by atoms with Gasteiger partial charge in [-0.3, -0.25) is 19.4 Å². The van der Waals surface area contributed by atoms with Gasteiger partial charge in [0.25, 0.3) is 0 Å². The number of allylic oxidation sites excluding steroid dienone is 1. The van der Waals surface area contributed by atoms with E-state index in [1.54, 1.807) is 24.7 Å². The maximum atomic E-state index is 14.2. The maximum Gasteiger partial charge on any atom is 0.330 e. The fraction of sp³-hybridized carbons (Fsp3) is 0.515. The molecule has 2 saturated carbocycles. The summed E-state index contributed by atoms with van der Waals surface area (Å²) in [6.45, 7) is 0.121. The Morgan fingerprint density at radius 3 is 2.80 bits per heavy atom. The van der Waals surface area contributed by atoms with Crippen molar-refractivity contribution in [2.24, 2.45) is 11.8 Å². The lowest BCUT2D eigenvalue weighted by molar-refractivity contribution is -0.146. The van der Waals surface area contributed by atoms with E-state index in [1.165, 1.54) is 16.2 Å². The second-order valence-corrected chi connectivity index (χ2v) is 14.0. The number of aromatic amines is 1. The summed E-state index contributed by atoms with van der Waals surface area (Å²) in [4.78, 5) is 67.7. The second-order valence-electron chi connectivity index (χ2n) is 13.0. The monoisotopic (exact) mass is 646 g/mol. The van der Waals surface area contributed by atoms with Crippen molar-refractivity contribution < 1.29 is 29.0 Å². The summed E-state index contributed by atoms with van der Waals surface area (Å²) >= 11 is 1.48. The van der Waals surface area contributed by atoms with Crippen molar-refractivity contribution >= 4 is 45.2 Å². The molecule has 3 aromatic heterocycles. The van der Waals surface area contributed by atoms with Gasteiger partial charge in [-0.2, -0.15) is 0 Å². The molecule has 5 atom stereocenters. The predicted octanol–water partition coefficient (Wildman–Crippen LogP) is 3.80. The third-order valence-corrected chi connectivity index (χ3v) is 10.7.